The van der Waals surface area contributed by atoms with Gasteiger partial charge in [-0.05, 0) is 20.3 Å². The van der Waals surface area contributed by atoms with Crippen LogP contribution in [0.25, 0.3) is 0 Å². The van der Waals surface area contributed by atoms with Crippen molar-refractivity contribution in [1.29, 1.82) is 0 Å². The highest BCUT2D eigenvalue weighted by Crippen LogP contribution is 2.20. The third-order valence-corrected chi connectivity index (χ3v) is 1.49. The minimum absolute atomic E-state index is 0.402. The second kappa shape index (κ2) is 3.06. The van der Waals surface area contributed by atoms with Gasteiger partial charge in [0.2, 0.25) is 0 Å². The molecule has 0 unspecified atom stereocenters. The van der Waals surface area contributed by atoms with Crippen molar-refractivity contribution in [2.45, 2.75) is 20.3 Å². The molecule has 1 N–H and O–H groups in total. The average Bonchev–Trinajstić information content (AvgIpc) is 1.65. The lowest BCUT2D eigenvalue weighted by Gasteiger charge is -2.16. The smallest absolute Gasteiger partial charge is 0.309 e. The zero-order valence-corrected chi connectivity index (χ0v) is 6.40. The van der Waals surface area contributed by atoms with Crippen LogP contribution in [0.4, 0.5) is 0 Å². The van der Waals surface area contributed by atoms with E-state index in [-0.39, 0.29) is 0 Å². The molecule has 0 aliphatic rings. The Bertz CT molecular complexity index is 110. The highest BCUT2D eigenvalue weighted by Gasteiger charge is 2.25. The molecule has 0 aliphatic heterocycles. The molecule has 0 saturated carbocycles. The fraction of sp³-hybridized carbons (Fsp3) is 0.833. The van der Waals surface area contributed by atoms with E-state index in [1.54, 1.807) is 13.8 Å². The third-order valence-electron chi connectivity index (χ3n) is 1.30. The molecular weight excluding hydrogens is 140 g/mol. The number of hydrogen-bond acceptors (Lipinski definition) is 1. The van der Waals surface area contributed by atoms with Crippen LogP contribution in [0.2, 0.25) is 0 Å². The molecule has 0 heterocycles. The Kier molecular flexibility index (Phi) is 2.98. The topological polar surface area (TPSA) is 37.3 Å². The normalized spacial score (nSPS) is 11.4. The molecule has 0 bridgehead atoms. The summed E-state index contributed by atoms with van der Waals surface area (Å²) >= 11 is 5.37. The molecule has 3 heteroatoms. The molecule has 54 valence electrons. The molecule has 0 amide bonds. The first-order valence-electron chi connectivity index (χ1n) is 2.80. The molecule has 0 aromatic rings. The zero-order valence-electron chi connectivity index (χ0n) is 5.65. The predicted molar refractivity (Wildman–Crippen MR) is 36.8 cm³/mol. The summed E-state index contributed by atoms with van der Waals surface area (Å²) in [6.07, 6.45) is 0.518. The number of hydrogen-bond donors (Lipinski definition) is 1. The summed E-state index contributed by atoms with van der Waals surface area (Å²) < 4.78 is 0. The Labute approximate surface area is 59.8 Å². The summed E-state index contributed by atoms with van der Waals surface area (Å²) in [6.45, 7) is 3.33. The Morgan fingerprint density at radius 1 is 1.67 bits per heavy atom. The van der Waals surface area contributed by atoms with Gasteiger partial charge in [-0.25, -0.2) is 0 Å². The number of aliphatic carboxylic acids is 1. The van der Waals surface area contributed by atoms with Crippen LogP contribution >= 0.6 is 11.6 Å². The van der Waals surface area contributed by atoms with E-state index in [1.807, 2.05) is 0 Å². The molecule has 0 aliphatic carbocycles. The van der Waals surface area contributed by atoms with E-state index in [1.165, 1.54) is 0 Å². The fourth-order valence-electron chi connectivity index (χ4n) is 0.343. The zero-order chi connectivity index (χ0) is 7.49. The van der Waals surface area contributed by atoms with Gasteiger partial charge in [0.15, 0.2) is 0 Å². The van der Waals surface area contributed by atoms with Gasteiger partial charge in [-0.15, -0.1) is 11.6 Å². The van der Waals surface area contributed by atoms with E-state index >= 15 is 0 Å². The number of alkyl halides is 1. The molecule has 2 nitrogen and oxygen atoms in total. The first kappa shape index (κ1) is 8.76. The van der Waals surface area contributed by atoms with Crippen molar-refractivity contribution in [3.05, 3.63) is 0 Å². The van der Waals surface area contributed by atoms with Crippen LogP contribution in [0.5, 0.6) is 0 Å². The minimum atomic E-state index is -0.789. The molecular formula is C6H11ClO2. The van der Waals surface area contributed by atoms with Crippen molar-refractivity contribution in [3.63, 3.8) is 0 Å². The van der Waals surface area contributed by atoms with Crippen LogP contribution in [0, 0.1) is 5.41 Å². The van der Waals surface area contributed by atoms with Crippen molar-refractivity contribution in [1.82, 2.24) is 0 Å². The Morgan fingerprint density at radius 3 is 2.22 bits per heavy atom. The second-order valence-corrected chi connectivity index (χ2v) is 3.01. The molecule has 0 aromatic carbocycles. The van der Waals surface area contributed by atoms with Gasteiger partial charge >= 0.3 is 5.97 Å². The van der Waals surface area contributed by atoms with Gasteiger partial charge in [0.05, 0.1) is 5.41 Å². The highest BCUT2D eigenvalue weighted by molar-refractivity contribution is 6.18. The fourth-order valence-corrected chi connectivity index (χ4v) is 0.816. The number of halogens is 1. The summed E-state index contributed by atoms with van der Waals surface area (Å²) in [6, 6.07) is 0. The largest absolute Gasteiger partial charge is 0.481 e. The molecule has 0 fully saturated rings. The number of carboxylic acid groups (broad SMARTS) is 1. The standard InChI is InChI=1S/C6H11ClO2/c1-6(2,3-4-7)5(8)9/h3-4H2,1-2H3,(H,8,9). The van der Waals surface area contributed by atoms with Gasteiger partial charge in [-0.2, -0.15) is 0 Å². The maximum absolute atomic E-state index is 10.4. The van der Waals surface area contributed by atoms with E-state index < -0.39 is 11.4 Å². The van der Waals surface area contributed by atoms with Gasteiger partial charge in [-0.3, -0.25) is 4.79 Å². The van der Waals surface area contributed by atoms with Gasteiger partial charge in [0, 0.05) is 5.88 Å². The molecule has 0 atom stereocenters. The number of carboxylic acids is 1. The summed E-state index contributed by atoms with van der Waals surface area (Å²) in [4.78, 5) is 10.4. The van der Waals surface area contributed by atoms with E-state index in [9.17, 15) is 4.79 Å². The lowest BCUT2D eigenvalue weighted by Crippen LogP contribution is -2.23. The van der Waals surface area contributed by atoms with Crippen LogP contribution in [0.15, 0.2) is 0 Å². The van der Waals surface area contributed by atoms with Crippen molar-refractivity contribution in [2.24, 2.45) is 5.41 Å². The molecule has 0 aromatic heterocycles. The summed E-state index contributed by atoms with van der Waals surface area (Å²) in [7, 11) is 0. The molecule has 0 rings (SSSR count). The molecule has 0 spiro atoms. The van der Waals surface area contributed by atoms with Crippen LogP contribution in [0.1, 0.15) is 20.3 Å². The Balaban J connectivity index is 3.85. The van der Waals surface area contributed by atoms with Gasteiger partial charge in [0.25, 0.3) is 0 Å². The van der Waals surface area contributed by atoms with Crippen LogP contribution in [-0.2, 0) is 4.79 Å². The maximum Gasteiger partial charge on any atom is 0.309 e. The van der Waals surface area contributed by atoms with Gasteiger partial charge in [-0.1, -0.05) is 0 Å². The van der Waals surface area contributed by atoms with Gasteiger partial charge in [0.1, 0.15) is 0 Å². The van der Waals surface area contributed by atoms with Crippen LogP contribution in [-0.4, -0.2) is 17.0 Å². The summed E-state index contributed by atoms with van der Waals surface area (Å²) in [5.74, 6) is -0.387. The molecule has 9 heavy (non-hydrogen) atoms. The van der Waals surface area contributed by atoms with E-state index in [0.717, 1.165) is 0 Å². The van der Waals surface area contributed by atoms with E-state index in [4.69, 9.17) is 16.7 Å². The minimum Gasteiger partial charge on any atom is -0.481 e. The summed E-state index contributed by atoms with van der Waals surface area (Å²) in [5, 5.41) is 8.51. The lowest BCUT2D eigenvalue weighted by atomic mass is 9.91. The van der Waals surface area contributed by atoms with Crippen molar-refractivity contribution in [2.75, 3.05) is 5.88 Å². The van der Waals surface area contributed by atoms with E-state index in [0.29, 0.717) is 12.3 Å². The van der Waals surface area contributed by atoms with Crippen molar-refractivity contribution < 1.29 is 9.90 Å². The van der Waals surface area contributed by atoms with Crippen molar-refractivity contribution in [3.8, 4) is 0 Å². The number of carbonyl (C=O) groups is 1. The molecule has 0 radical (unpaired) electrons. The van der Waals surface area contributed by atoms with Crippen molar-refractivity contribution >= 4 is 17.6 Å². The predicted octanol–water partition coefficient (Wildman–Crippen LogP) is 1.73. The van der Waals surface area contributed by atoms with Crippen LogP contribution < -0.4 is 0 Å². The van der Waals surface area contributed by atoms with E-state index in [2.05, 4.69) is 0 Å². The lowest BCUT2D eigenvalue weighted by molar-refractivity contribution is -0.146. The summed E-state index contributed by atoms with van der Waals surface area (Å²) in [5.41, 5.74) is -0.665. The Morgan fingerprint density at radius 2 is 2.11 bits per heavy atom. The first-order valence-corrected chi connectivity index (χ1v) is 3.33. The number of rotatable bonds is 3. The van der Waals surface area contributed by atoms with Gasteiger partial charge < -0.3 is 5.11 Å². The SMILES string of the molecule is CC(C)(CCCl)C(=O)O. The second-order valence-electron chi connectivity index (χ2n) is 2.63. The third kappa shape index (κ3) is 2.70. The first-order chi connectivity index (χ1) is 4.00. The highest BCUT2D eigenvalue weighted by atomic mass is 35.5. The Hall–Kier alpha value is -0.240. The average molecular weight is 151 g/mol. The monoisotopic (exact) mass is 150 g/mol. The maximum atomic E-state index is 10.4. The quantitative estimate of drug-likeness (QED) is 0.623. The van der Waals surface area contributed by atoms with Crippen LogP contribution in [0.3, 0.4) is 0 Å². The molecule has 0 saturated heterocycles.